The van der Waals surface area contributed by atoms with Gasteiger partial charge in [0.15, 0.2) is 11.6 Å². The third-order valence-corrected chi connectivity index (χ3v) is 2.69. The van der Waals surface area contributed by atoms with Crippen LogP contribution in [0.2, 0.25) is 0 Å². The molecule has 2 aromatic rings. The Labute approximate surface area is 111 Å². The summed E-state index contributed by atoms with van der Waals surface area (Å²) in [5.41, 5.74) is 6.89. The lowest BCUT2D eigenvalue weighted by atomic mass is 10.1. The highest BCUT2D eigenvalue weighted by Gasteiger charge is 2.11. The fourth-order valence-electron chi connectivity index (χ4n) is 1.72. The number of nitrogens with zero attached hydrogens (tertiary/aromatic N) is 1. The molecule has 2 N–H and O–H groups in total. The molecule has 0 aliphatic rings. The molecule has 0 radical (unpaired) electrons. The smallest absolute Gasteiger partial charge is 0.167 e. The van der Waals surface area contributed by atoms with Gasteiger partial charge in [0.05, 0.1) is 11.6 Å². The van der Waals surface area contributed by atoms with Crippen molar-refractivity contribution in [2.24, 2.45) is 5.73 Å². The van der Waals surface area contributed by atoms with E-state index in [4.69, 9.17) is 15.7 Å². The van der Waals surface area contributed by atoms with Crippen LogP contribution in [0.1, 0.15) is 24.1 Å². The van der Waals surface area contributed by atoms with Gasteiger partial charge in [-0.25, -0.2) is 4.39 Å². The van der Waals surface area contributed by atoms with E-state index in [9.17, 15) is 4.39 Å². The molecule has 0 saturated heterocycles. The van der Waals surface area contributed by atoms with E-state index in [-0.39, 0.29) is 17.4 Å². The van der Waals surface area contributed by atoms with Crippen molar-refractivity contribution in [1.29, 1.82) is 5.26 Å². The molecule has 0 fully saturated rings. The Balaban J connectivity index is 2.34. The molecule has 96 valence electrons. The van der Waals surface area contributed by atoms with Crippen LogP contribution in [0, 0.1) is 17.1 Å². The normalized spacial score (nSPS) is 11.7. The number of halogens is 1. The lowest BCUT2D eigenvalue weighted by molar-refractivity contribution is 0.435. The zero-order valence-corrected chi connectivity index (χ0v) is 10.4. The SMILES string of the molecule is C[C@H](N)c1ccccc1Oc1ccc(C#N)cc1F. The first-order valence-corrected chi connectivity index (χ1v) is 5.84. The van der Waals surface area contributed by atoms with Crippen LogP contribution in [-0.2, 0) is 0 Å². The van der Waals surface area contributed by atoms with Crippen LogP contribution in [0.15, 0.2) is 42.5 Å². The van der Waals surface area contributed by atoms with E-state index in [0.29, 0.717) is 5.75 Å². The molecule has 0 saturated carbocycles. The summed E-state index contributed by atoms with van der Waals surface area (Å²) in [5.74, 6) is 0.0201. The molecule has 0 unspecified atom stereocenters. The summed E-state index contributed by atoms with van der Waals surface area (Å²) in [4.78, 5) is 0. The van der Waals surface area contributed by atoms with Crippen molar-refractivity contribution in [3.8, 4) is 17.6 Å². The van der Waals surface area contributed by atoms with Gasteiger partial charge in [0.1, 0.15) is 5.75 Å². The Morgan fingerprint density at radius 1 is 1.21 bits per heavy atom. The highest BCUT2D eigenvalue weighted by molar-refractivity contribution is 5.42. The minimum Gasteiger partial charge on any atom is -0.454 e. The van der Waals surface area contributed by atoms with Crippen LogP contribution in [-0.4, -0.2) is 0 Å². The maximum Gasteiger partial charge on any atom is 0.167 e. The molecule has 3 nitrogen and oxygen atoms in total. The van der Waals surface area contributed by atoms with Gasteiger partial charge in [-0.05, 0) is 31.2 Å². The summed E-state index contributed by atoms with van der Waals surface area (Å²) in [6, 6.07) is 13.0. The van der Waals surface area contributed by atoms with Crippen molar-refractivity contribution in [2.45, 2.75) is 13.0 Å². The fourth-order valence-corrected chi connectivity index (χ4v) is 1.72. The lowest BCUT2D eigenvalue weighted by Crippen LogP contribution is -2.06. The lowest BCUT2D eigenvalue weighted by Gasteiger charge is -2.13. The van der Waals surface area contributed by atoms with Crippen molar-refractivity contribution < 1.29 is 9.13 Å². The maximum absolute atomic E-state index is 13.7. The van der Waals surface area contributed by atoms with E-state index in [1.807, 2.05) is 25.1 Å². The van der Waals surface area contributed by atoms with Gasteiger partial charge in [0.2, 0.25) is 0 Å². The van der Waals surface area contributed by atoms with Crippen LogP contribution in [0.5, 0.6) is 11.5 Å². The number of hydrogen-bond acceptors (Lipinski definition) is 3. The molecule has 0 aliphatic heterocycles. The minimum atomic E-state index is -0.571. The molecule has 0 bridgehead atoms. The van der Waals surface area contributed by atoms with Crippen molar-refractivity contribution >= 4 is 0 Å². The number of para-hydroxylation sites is 1. The second-order valence-electron chi connectivity index (χ2n) is 4.19. The molecule has 0 aromatic heterocycles. The standard InChI is InChI=1S/C15H13FN2O/c1-10(18)12-4-2-3-5-14(12)19-15-7-6-11(9-17)8-13(15)16/h2-8,10H,18H2,1H3/t10-/m0/s1. The molecule has 4 heteroatoms. The molecule has 0 spiro atoms. The van der Waals surface area contributed by atoms with E-state index >= 15 is 0 Å². The average molecular weight is 256 g/mol. The summed E-state index contributed by atoms with van der Waals surface area (Å²) in [7, 11) is 0. The molecule has 0 aliphatic carbocycles. The number of hydrogen-bond donors (Lipinski definition) is 1. The van der Waals surface area contributed by atoms with E-state index in [0.717, 1.165) is 11.6 Å². The van der Waals surface area contributed by atoms with Crippen molar-refractivity contribution in [2.75, 3.05) is 0 Å². The zero-order chi connectivity index (χ0) is 13.8. The number of ether oxygens (including phenoxy) is 1. The van der Waals surface area contributed by atoms with Gasteiger partial charge in [-0.1, -0.05) is 18.2 Å². The largest absolute Gasteiger partial charge is 0.454 e. The maximum atomic E-state index is 13.7. The Morgan fingerprint density at radius 2 is 1.95 bits per heavy atom. The molecule has 1 atom stereocenters. The van der Waals surface area contributed by atoms with Crippen LogP contribution in [0.3, 0.4) is 0 Å². The van der Waals surface area contributed by atoms with Crippen molar-refractivity contribution in [3.63, 3.8) is 0 Å². The molecular formula is C15H13FN2O. The quantitative estimate of drug-likeness (QED) is 0.914. The second kappa shape index (κ2) is 5.51. The van der Waals surface area contributed by atoms with E-state index in [1.54, 1.807) is 12.1 Å². The number of nitrogens with two attached hydrogens (primary N) is 1. The molecule has 2 rings (SSSR count). The predicted molar refractivity (Wildman–Crippen MR) is 70.2 cm³/mol. The van der Waals surface area contributed by atoms with Gasteiger partial charge in [-0.15, -0.1) is 0 Å². The Morgan fingerprint density at radius 3 is 2.58 bits per heavy atom. The summed E-state index contributed by atoms with van der Waals surface area (Å²) in [5, 5.41) is 8.69. The molecule has 19 heavy (non-hydrogen) atoms. The Bertz CT molecular complexity index is 632. The van der Waals surface area contributed by atoms with Crippen LogP contribution in [0.4, 0.5) is 4.39 Å². The van der Waals surface area contributed by atoms with Crippen molar-refractivity contribution in [1.82, 2.24) is 0 Å². The third-order valence-electron chi connectivity index (χ3n) is 2.69. The first-order valence-electron chi connectivity index (χ1n) is 5.84. The van der Waals surface area contributed by atoms with Crippen LogP contribution >= 0.6 is 0 Å². The first kappa shape index (κ1) is 13.1. The van der Waals surface area contributed by atoms with Crippen LogP contribution in [0.25, 0.3) is 0 Å². The van der Waals surface area contributed by atoms with Gasteiger partial charge in [-0.2, -0.15) is 5.26 Å². The topological polar surface area (TPSA) is 59.0 Å². The molecule has 0 amide bonds. The first-order chi connectivity index (χ1) is 9.11. The monoisotopic (exact) mass is 256 g/mol. The van der Waals surface area contributed by atoms with E-state index in [2.05, 4.69) is 0 Å². The Hall–Kier alpha value is -2.38. The molecule has 2 aromatic carbocycles. The highest BCUT2D eigenvalue weighted by atomic mass is 19.1. The van der Waals surface area contributed by atoms with E-state index in [1.165, 1.54) is 12.1 Å². The highest BCUT2D eigenvalue weighted by Crippen LogP contribution is 2.30. The second-order valence-corrected chi connectivity index (χ2v) is 4.19. The minimum absolute atomic E-state index is 0.0760. The zero-order valence-electron chi connectivity index (χ0n) is 10.4. The van der Waals surface area contributed by atoms with E-state index < -0.39 is 5.82 Å². The van der Waals surface area contributed by atoms with Crippen molar-refractivity contribution in [3.05, 3.63) is 59.4 Å². The summed E-state index contributed by atoms with van der Waals surface area (Å²) >= 11 is 0. The van der Waals surface area contributed by atoms with Gasteiger partial charge in [0.25, 0.3) is 0 Å². The average Bonchev–Trinajstić information content (AvgIpc) is 2.41. The van der Waals surface area contributed by atoms with Gasteiger partial charge in [-0.3, -0.25) is 0 Å². The third kappa shape index (κ3) is 2.90. The number of rotatable bonds is 3. The summed E-state index contributed by atoms with van der Waals surface area (Å²) < 4.78 is 19.3. The molecular weight excluding hydrogens is 243 g/mol. The van der Waals surface area contributed by atoms with Gasteiger partial charge >= 0.3 is 0 Å². The van der Waals surface area contributed by atoms with Gasteiger partial charge in [0, 0.05) is 11.6 Å². The predicted octanol–water partition coefficient (Wildman–Crippen LogP) is 3.51. The summed E-state index contributed by atoms with van der Waals surface area (Å²) in [6.45, 7) is 1.83. The van der Waals surface area contributed by atoms with Gasteiger partial charge < -0.3 is 10.5 Å². The number of nitriles is 1. The molecule has 0 heterocycles. The number of benzene rings is 2. The fraction of sp³-hybridized carbons (Fsp3) is 0.133. The Kier molecular flexibility index (Phi) is 3.79. The summed E-state index contributed by atoms with van der Waals surface area (Å²) in [6.07, 6.45) is 0. The van der Waals surface area contributed by atoms with Crippen LogP contribution < -0.4 is 10.5 Å².